The first-order chi connectivity index (χ1) is 15.2. The van der Waals surface area contributed by atoms with Crippen molar-refractivity contribution in [2.24, 2.45) is 5.92 Å². The van der Waals surface area contributed by atoms with Crippen LogP contribution in [0.3, 0.4) is 0 Å². The maximum Gasteiger partial charge on any atom is 0.313 e. The highest BCUT2D eigenvalue weighted by atomic mass is 19.1. The largest absolute Gasteiger partial charge is 0.466 e. The SMILES string of the molecule is CCOC(=O)C(CC(C)C)c1cc(-c2ccc(CF)cc2)cc(C2CC[N+](C)(C)CC2)c1. The van der Waals surface area contributed by atoms with E-state index in [1.807, 2.05) is 31.2 Å². The summed E-state index contributed by atoms with van der Waals surface area (Å²) in [5.74, 6) is 0.466. The molecule has 1 atom stereocenters. The average Bonchev–Trinajstić information content (AvgIpc) is 2.77. The Morgan fingerprint density at radius 3 is 2.28 bits per heavy atom. The normalized spacial score (nSPS) is 17.3. The molecule has 174 valence electrons. The Bertz CT molecular complexity index is 894. The van der Waals surface area contributed by atoms with E-state index in [0.717, 1.165) is 53.5 Å². The summed E-state index contributed by atoms with van der Waals surface area (Å²) < 4.78 is 19.6. The van der Waals surface area contributed by atoms with E-state index in [1.54, 1.807) is 0 Å². The molecule has 1 aliphatic rings. The van der Waals surface area contributed by atoms with E-state index in [9.17, 15) is 9.18 Å². The maximum atomic E-state index is 13.0. The molecule has 0 aliphatic carbocycles. The van der Waals surface area contributed by atoms with Crippen molar-refractivity contribution in [3.63, 3.8) is 0 Å². The molecule has 1 heterocycles. The molecule has 1 unspecified atom stereocenters. The topological polar surface area (TPSA) is 26.3 Å². The van der Waals surface area contributed by atoms with Crippen LogP contribution in [0.2, 0.25) is 0 Å². The van der Waals surface area contributed by atoms with Crippen molar-refractivity contribution in [3.05, 3.63) is 59.2 Å². The smallest absolute Gasteiger partial charge is 0.313 e. The van der Waals surface area contributed by atoms with Gasteiger partial charge in [-0.05, 0) is 53.0 Å². The minimum Gasteiger partial charge on any atom is -0.466 e. The van der Waals surface area contributed by atoms with Crippen LogP contribution in [-0.2, 0) is 16.2 Å². The highest BCUT2D eigenvalue weighted by molar-refractivity contribution is 5.79. The van der Waals surface area contributed by atoms with Crippen molar-refractivity contribution >= 4 is 5.97 Å². The molecule has 0 bridgehead atoms. The van der Waals surface area contributed by atoms with Crippen molar-refractivity contribution in [2.75, 3.05) is 33.8 Å². The average molecular weight is 441 g/mol. The van der Waals surface area contributed by atoms with Crippen molar-refractivity contribution in [3.8, 4) is 11.1 Å². The number of alkyl halides is 1. The molecule has 0 saturated carbocycles. The molecular formula is C28H39FNO2+. The number of likely N-dealkylation sites (tertiary alicyclic amines) is 1. The summed E-state index contributed by atoms with van der Waals surface area (Å²) in [7, 11) is 4.59. The van der Waals surface area contributed by atoms with E-state index in [2.05, 4.69) is 46.1 Å². The maximum absolute atomic E-state index is 13.0. The summed E-state index contributed by atoms with van der Waals surface area (Å²) in [5, 5.41) is 0. The summed E-state index contributed by atoms with van der Waals surface area (Å²) in [5.41, 5.74) is 5.19. The standard InChI is InChI=1S/C28H39FNO2/c1-6-32-28(31)27(15-20(2)3)26-17-24(22-9-7-21(19-29)8-10-22)16-25(18-26)23-11-13-30(4,5)14-12-23/h7-10,16-18,20,23,27H,6,11-15,19H2,1-5H3/q+1. The van der Waals surface area contributed by atoms with E-state index < -0.39 is 6.67 Å². The second kappa shape index (κ2) is 10.6. The van der Waals surface area contributed by atoms with Gasteiger partial charge in [-0.1, -0.05) is 56.3 Å². The van der Waals surface area contributed by atoms with Crippen molar-refractivity contribution in [1.29, 1.82) is 0 Å². The molecule has 4 heteroatoms. The van der Waals surface area contributed by atoms with E-state index in [-0.39, 0.29) is 11.9 Å². The van der Waals surface area contributed by atoms with Crippen LogP contribution in [0, 0.1) is 5.92 Å². The number of nitrogens with zero attached hydrogens (tertiary/aromatic N) is 1. The summed E-state index contributed by atoms with van der Waals surface area (Å²) in [6.07, 6.45) is 3.05. The van der Waals surface area contributed by atoms with Crippen LogP contribution >= 0.6 is 0 Å². The predicted octanol–water partition coefficient (Wildman–Crippen LogP) is 6.47. The fourth-order valence-electron chi connectivity index (χ4n) is 4.75. The zero-order valence-electron chi connectivity index (χ0n) is 20.4. The summed E-state index contributed by atoms with van der Waals surface area (Å²) in [6.45, 7) is 8.40. The molecule has 1 fully saturated rings. The third kappa shape index (κ3) is 6.19. The van der Waals surface area contributed by atoms with Gasteiger partial charge in [-0.25, -0.2) is 4.39 Å². The lowest BCUT2D eigenvalue weighted by atomic mass is 9.82. The number of carbonyl (C=O) groups excluding carboxylic acids is 1. The second-order valence-electron chi connectivity index (χ2n) is 10.3. The highest BCUT2D eigenvalue weighted by Gasteiger charge is 2.29. The molecule has 0 aromatic heterocycles. The highest BCUT2D eigenvalue weighted by Crippen LogP contribution is 2.36. The van der Waals surface area contributed by atoms with Gasteiger partial charge in [-0.2, -0.15) is 0 Å². The number of rotatable bonds is 8. The van der Waals surface area contributed by atoms with Crippen molar-refractivity contribution in [2.45, 2.75) is 58.5 Å². The van der Waals surface area contributed by atoms with E-state index in [4.69, 9.17) is 4.74 Å². The summed E-state index contributed by atoms with van der Waals surface area (Å²) in [6, 6.07) is 14.3. The fraction of sp³-hybridized carbons (Fsp3) is 0.536. The number of ether oxygens (including phenoxy) is 1. The number of hydrogen-bond donors (Lipinski definition) is 0. The Labute approximate surface area is 193 Å². The van der Waals surface area contributed by atoms with Gasteiger partial charge in [0.05, 0.1) is 39.7 Å². The lowest BCUT2D eigenvalue weighted by molar-refractivity contribution is -0.895. The number of benzene rings is 2. The van der Waals surface area contributed by atoms with Crippen LogP contribution in [0.4, 0.5) is 4.39 Å². The molecule has 1 aliphatic heterocycles. The molecule has 0 radical (unpaired) electrons. The van der Waals surface area contributed by atoms with Gasteiger partial charge in [0.1, 0.15) is 6.67 Å². The third-order valence-electron chi connectivity index (χ3n) is 6.74. The van der Waals surface area contributed by atoms with Gasteiger partial charge in [0.25, 0.3) is 0 Å². The number of hydrogen-bond acceptors (Lipinski definition) is 2. The van der Waals surface area contributed by atoms with Crippen molar-refractivity contribution in [1.82, 2.24) is 0 Å². The molecule has 2 aromatic rings. The monoisotopic (exact) mass is 440 g/mol. The molecule has 1 saturated heterocycles. The minimum atomic E-state index is -0.457. The van der Waals surface area contributed by atoms with Gasteiger partial charge in [0.15, 0.2) is 0 Å². The summed E-state index contributed by atoms with van der Waals surface area (Å²) in [4.78, 5) is 12.9. The Kier molecular flexibility index (Phi) is 8.10. The van der Waals surface area contributed by atoms with Crippen LogP contribution in [0.15, 0.2) is 42.5 Å². The lowest BCUT2D eigenvalue weighted by Gasteiger charge is -2.37. The van der Waals surface area contributed by atoms with Gasteiger partial charge in [-0.15, -0.1) is 0 Å². The molecule has 2 aromatic carbocycles. The van der Waals surface area contributed by atoms with Crippen LogP contribution in [0.25, 0.3) is 11.1 Å². The van der Waals surface area contributed by atoms with Crippen LogP contribution < -0.4 is 0 Å². The molecule has 0 amide bonds. The van der Waals surface area contributed by atoms with Gasteiger partial charge in [0, 0.05) is 12.8 Å². The summed E-state index contributed by atoms with van der Waals surface area (Å²) >= 11 is 0. The zero-order chi connectivity index (χ0) is 23.3. The number of carbonyl (C=O) groups is 1. The van der Waals surface area contributed by atoms with Gasteiger partial charge >= 0.3 is 5.97 Å². The molecule has 3 nitrogen and oxygen atoms in total. The third-order valence-corrected chi connectivity index (χ3v) is 6.74. The molecule has 0 spiro atoms. The number of quaternary nitrogens is 1. The van der Waals surface area contributed by atoms with E-state index >= 15 is 0 Å². The first-order valence-corrected chi connectivity index (χ1v) is 12.0. The fourth-order valence-corrected chi connectivity index (χ4v) is 4.75. The first-order valence-electron chi connectivity index (χ1n) is 12.0. The quantitative estimate of drug-likeness (QED) is 0.347. The number of esters is 1. The van der Waals surface area contributed by atoms with Crippen LogP contribution in [0.5, 0.6) is 0 Å². The molecule has 32 heavy (non-hydrogen) atoms. The first kappa shape index (κ1) is 24.4. The number of halogens is 1. The molecular weight excluding hydrogens is 401 g/mol. The number of piperidine rings is 1. The minimum absolute atomic E-state index is 0.140. The Morgan fingerprint density at radius 1 is 1.06 bits per heavy atom. The zero-order valence-corrected chi connectivity index (χ0v) is 20.4. The van der Waals surface area contributed by atoms with E-state index in [0.29, 0.717) is 24.0 Å². The Morgan fingerprint density at radius 2 is 1.72 bits per heavy atom. The molecule has 0 N–H and O–H groups in total. The van der Waals surface area contributed by atoms with E-state index in [1.165, 1.54) is 5.56 Å². The van der Waals surface area contributed by atoms with Gasteiger partial charge in [0.2, 0.25) is 0 Å². The van der Waals surface area contributed by atoms with Crippen LogP contribution in [0.1, 0.15) is 68.6 Å². The lowest BCUT2D eigenvalue weighted by Crippen LogP contribution is -2.45. The Hall–Kier alpha value is -2.20. The van der Waals surface area contributed by atoms with Gasteiger partial charge < -0.3 is 9.22 Å². The van der Waals surface area contributed by atoms with Crippen LogP contribution in [-0.4, -0.2) is 44.2 Å². The predicted molar refractivity (Wildman–Crippen MR) is 129 cm³/mol. The van der Waals surface area contributed by atoms with Crippen molar-refractivity contribution < 1.29 is 18.4 Å². The molecule has 3 rings (SSSR count). The van der Waals surface area contributed by atoms with Gasteiger partial charge in [-0.3, -0.25) is 4.79 Å². The Balaban J connectivity index is 2.05. The second-order valence-corrected chi connectivity index (χ2v) is 10.3.